The summed E-state index contributed by atoms with van der Waals surface area (Å²) in [5.41, 5.74) is 3.48. The summed E-state index contributed by atoms with van der Waals surface area (Å²) in [7, 11) is 0. The van der Waals surface area contributed by atoms with E-state index >= 15 is 0 Å². The first kappa shape index (κ1) is 17.6. The van der Waals surface area contributed by atoms with Crippen LogP contribution in [0.2, 0.25) is 0 Å². The molecule has 0 saturated heterocycles. The highest BCUT2D eigenvalue weighted by Crippen LogP contribution is 2.36. The first-order valence-electron chi connectivity index (χ1n) is 8.26. The monoisotopic (exact) mass is 398 g/mol. The van der Waals surface area contributed by atoms with Crippen LogP contribution < -0.4 is 4.74 Å². The lowest BCUT2D eigenvalue weighted by atomic mass is 9.96. The van der Waals surface area contributed by atoms with E-state index in [0.29, 0.717) is 0 Å². The largest absolute Gasteiger partial charge is 0.486 e. The van der Waals surface area contributed by atoms with Crippen LogP contribution in [-0.2, 0) is 11.2 Å². The van der Waals surface area contributed by atoms with Crippen molar-refractivity contribution in [3.8, 4) is 17.6 Å². The zero-order valence-electron chi connectivity index (χ0n) is 14.0. The molecular weight excluding hydrogens is 380 g/mol. The van der Waals surface area contributed by atoms with Gasteiger partial charge in [-0.2, -0.15) is 0 Å². The quantitative estimate of drug-likeness (QED) is 0.712. The summed E-state index contributed by atoms with van der Waals surface area (Å²) >= 11 is 3.51. The molecule has 2 unspecified atom stereocenters. The molecule has 2 atom stereocenters. The summed E-state index contributed by atoms with van der Waals surface area (Å²) in [6, 6.07) is 13.9. The highest BCUT2D eigenvalue weighted by Gasteiger charge is 2.24. The number of halogens is 1. The van der Waals surface area contributed by atoms with Crippen molar-refractivity contribution in [1.82, 2.24) is 0 Å². The molecule has 0 aromatic heterocycles. The zero-order chi connectivity index (χ0) is 17.8. The van der Waals surface area contributed by atoms with E-state index < -0.39 is 5.97 Å². The SMILES string of the molecule is CC#CC(CC(=O)O)c1ccc(OC2CCc3cc(Br)ccc32)cc1. The number of hydrogen-bond donors (Lipinski definition) is 1. The molecular formula is C21H19BrO3. The van der Waals surface area contributed by atoms with Gasteiger partial charge in [0.1, 0.15) is 11.9 Å². The molecule has 0 spiro atoms. The van der Waals surface area contributed by atoms with Gasteiger partial charge in [0.05, 0.1) is 12.3 Å². The third-order valence-corrected chi connectivity index (χ3v) is 4.88. The van der Waals surface area contributed by atoms with Crippen molar-refractivity contribution in [1.29, 1.82) is 0 Å². The van der Waals surface area contributed by atoms with Gasteiger partial charge in [-0.25, -0.2) is 0 Å². The van der Waals surface area contributed by atoms with E-state index in [4.69, 9.17) is 9.84 Å². The van der Waals surface area contributed by atoms with Gasteiger partial charge in [0.2, 0.25) is 0 Å². The summed E-state index contributed by atoms with van der Waals surface area (Å²) in [6.45, 7) is 1.72. The first-order chi connectivity index (χ1) is 12.1. The number of carbonyl (C=O) groups is 1. The Morgan fingerprint density at radius 2 is 2.08 bits per heavy atom. The number of aliphatic carboxylic acids is 1. The standard InChI is InChI=1S/C21H19BrO3/c1-2-3-15(13-21(23)24)14-4-8-18(9-5-14)25-20-11-6-16-12-17(22)7-10-19(16)20/h4-5,7-10,12,15,20H,6,11,13H2,1H3,(H,23,24). The van der Waals surface area contributed by atoms with Crippen LogP contribution in [-0.4, -0.2) is 11.1 Å². The summed E-state index contributed by atoms with van der Waals surface area (Å²) in [4.78, 5) is 11.0. The predicted octanol–water partition coefficient (Wildman–Crippen LogP) is 5.10. The van der Waals surface area contributed by atoms with Gasteiger partial charge in [0, 0.05) is 4.47 Å². The number of ether oxygens (including phenoxy) is 1. The number of rotatable bonds is 5. The third-order valence-electron chi connectivity index (χ3n) is 4.39. The van der Waals surface area contributed by atoms with Gasteiger partial charge >= 0.3 is 5.97 Å². The van der Waals surface area contributed by atoms with E-state index in [2.05, 4.69) is 39.9 Å². The normalized spacial score (nSPS) is 16.5. The number of fused-ring (bicyclic) bond motifs is 1. The first-order valence-corrected chi connectivity index (χ1v) is 9.05. The second-order valence-corrected chi connectivity index (χ2v) is 7.02. The maximum Gasteiger partial charge on any atom is 0.304 e. The zero-order valence-corrected chi connectivity index (χ0v) is 15.5. The molecule has 1 aliphatic rings. The van der Waals surface area contributed by atoms with Crippen LogP contribution in [0.25, 0.3) is 0 Å². The van der Waals surface area contributed by atoms with Gasteiger partial charge in [0.25, 0.3) is 0 Å². The van der Waals surface area contributed by atoms with Crippen LogP contribution >= 0.6 is 15.9 Å². The summed E-state index contributed by atoms with van der Waals surface area (Å²) in [6.07, 6.45) is 2.06. The Bertz CT molecular complexity index is 830. The Balaban J connectivity index is 1.73. The molecule has 3 nitrogen and oxygen atoms in total. The molecule has 0 radical (unpaired) electrons. The Morgan fingerprint density at radius 3 is 2.76 bits per heavy atom. The smallest absolute Gasteiger partial charge is 0.304 e. The molecule has 0 amide bonds. The van der Waals surface area contributed by atoms with Crippen LogP contribution in [0, 0.1) is 11.8 Å². The molecule has 1 aliphatic carbocycles. The van der Waals surface area contributed by atoms with Crippen molar-refractivity contribution < 1.29 is 14.6 Å². The minimum Gasteiger partial charge on any atom is -0.486 e. The van der Waals surface area contributed by atoms with Gasteiger partial charge in [-0.3, -0.25) is 4.79 Å². The number of hydrogen-bond acceptors (Lipinski definition) is 2. The summed E-state index contributed by atoms with van der Waals surface area (Å²) in [5.74, 6) is 5.44. The van der Waals surface area contributed by atoms with Gasteiger partial charge in [-0.05, 0) is 60.7 Å². The topological polar surface area (TPSA) is 46.5 Å². The molecule has 0 fully saturated rings. The fraction of sp³-hybridized carbons (Fsp3) is 0.286. The lowest BCUT2D eigenvalue weighted by Gasteiger charge is -2.16. The lowest BCUT2D eigenvalue weighted by Crippen LogP contribution is -2.06. The molecule has 3 rings (SSSR count). The van der Waals surface area contributed by atoms with Crippen molar-refractivity contribution in [3.63, 3.8) is 0 Å². The van der Waals surface area contributed by atoms with E-state index in [1.807, 2.05) is 30.3 Å². The number of carboxylic acids is 1. The van der Waals surface area contributed by atoms with Gasteiger partial charge < -0.3 is 9.84 Å². The van der Waals surface area contributed by atoms with Crippen LogP contribution in [0.1, 0.15) is 48.5 Å². The van der Waals surface area contributed by atoms with Crippen molar-refractivity contribution >= 4 is 21.9 Å². The van der Waals surface area contributed by atoms with Crippen molar-refractivity contribution in [2.45, 2.75) is 38.2 Å². The molecule has 0 heterocycles. The molecule has 1 N–H and O–H groups in total. The Morgan fingerprint density at radius 1 is 1.32 bits per heavy atom. The van der Waals surface area contributed by atoms with Crippen LogP contribution in [0.15, 0.2) is 46.9 Å². The molecule has 2 aromatic rings. The molecule has 25 heavy (non-hydrogen) atoms. The van der Waals surface area contributed by atoms with E-state index in [-0.39, 0.29) is 18.4 Å². The lowest BCUT2D eigenvalue weighted by molar-refractivity contribution is -0.137. The van der Waals surface area contributed by atoms with E-state index in [9.17, 15) is 4.79 Å². The van der Waals surface area contributed by atoms with E-state index in [0.717, 1.165) is 28.6 Å². The molecule has 0 bridgehead atoms. The van der Waals surface area contributed by atoms with Gasteiger partial charge in [0.15, 0.2) is 0 Å². The molecule has 0 aliphatic heterocycles. The maximum atomic E-state index is 11.0. The molecule has 128 valence electrons. The van der Waals surface area contributed by atoms with Crippen molar-refractivity contribution in [2.75, 3.05) is 0 Å². The van der Waals surface area contributed by atoms with Gasteiger partial charge in [-0.1, -0.05) is 40.0 Å². The molecule has 0 saturated carbocycles. The fourth-order valence-corrected chi connectivity index (χ4v) is 3.62. The minimum absolute atomic E-state index is 0.00587. The average molecular weight is 399 g/mol. The Hall–Kier alpha value is -2.25. The van der Waals surface area contributed by atoms with Crippen molar-refractivity contribution in [2.24, 2.45) is 0 Å². The second-order valence-electron chi connectivity index (χ2n) is 6.10. The van der Waals surface area contributed by atoms with Crippen molar-refractivity contribution in [3.05, 3.63) is 63.6 Å². The number of carboxylic acid groups (broad SMARTS) is 1. The summed E-state index contributed by atoms with van der Waals surface area (Å²) in [5, 5.41) is 9.03. The van der Waals surface area contributed by atoms with Crippen LogP contribution in [0.4, 0.5) is 0 Å². The minimum atomic E-state index is -0.846. The fourth-order valence-electron chi connectivity index (χ4n) is 3.21. The van der Waals surface area contributed by atoms with E-state index in [1.165, 1.54) is 11.1 Å². The summed E-state index contributed by atoms with van der Waals surface area (Å²) < 4.78 is 7.24. The number of aryl methyl sites for hydroxylation is 1. The Kier molecular flexibility index (Phi) is 5.45. The highest BCUT2D eigenvalue weighted by atomic mass is 79.9. The molecule has 2 aromatic carbocycles. The van der Waals surface area contributed by atoms with Crippen LogP contribution in [0.3, 0.4) is 0 Å². The van der Waals surface area contributed by atoms with E-state index in [1.54, 1.807) is 6.92 Å². The highest BCUT2D eigenvalue weighted by molar-refractivity contribution is 9.10. The predicted molar refractivity (Wildman–Crippen MR) is 101 cm³/mol. The van der Waals surface area contributed by atoms with Gasteiger partial charge in [-0.15, -0.1) is 5.92 Å². The Labute approximate surface area is 156 Å². The average Bonchev–Trinajstić information content (AvgIpc) is 2.97. The van der Waals surface area contributed by atoms with Crippen LogP contribution in [0.5, 0.6) is 5.75 Å². The number of benzene rings is 2. The second kappa shape index (κ2) is 7.76. The maximum absolute atomic E-state index is 11.0. The molecule has 4 heteroatoms. The third kappa shape index (κ3) is 4.24.